The minimum Gasteiger partial charge on any atom is -0.480 e. The number of carboxylic acids is 1. The predicted molar refractivity (Wildman–Crippen MR) is 82.1 cm³/mol. The molecule has 0 rings (SSSR count). The molecule has 1 amide bonds. The van der Waals surface area contributed by atoms with Gasteiger partial charge in [0.15, 0.2) is 0 Å². The largest absolute Gasteiger partial charge is 0.480 e. The van der Waals surface area contributed by atoms with Crippen LogP contribution in [0.3, 0.4) is 0 Å². The smallest absolute Gasteiger partial charge is 0.408 e. The minimum absolute atomic E-state index is 0.647. The number of alkyl carbamates (subject to hydrolysis) is 1. The van der Waals surface area contributed by atoms with Crippen molar-refractivity contribution < 1.29 is 19.4 Å². The average Bonchev–Trinajstić information content (AvgIpc) is 2.23. The van der Waals surface area contributed by atoms with E-state index >= 15 is 0 Å². The normalized spacial score (nSPS) is 13.4. The zero-order valence-corrected chi connectivity index (χ0v) is 13.7. The quantitative estimate of drug-likeness (QED) is 0.558. The van der Waals surface area contributed by atoms with Gasteiger partial charge in [-0.05, 0) is 46.8 Å². The van der Waals surface area contributed by atoms with Crippen molar-refractivity contribution in [2.75, 3.05) is 5.75 Å². The number of ether oxygens (including phenoxy) is 1. The Morgan fingerprint density at radius 2 is 1.90 bits per heavy atom. The first-order valence-electron chi connectivity index (χ1n) is 6.47. The second-order valence-corrected chi connectivity index (χ2v) is 7.70. The SMILES string of the molecule is C=CCCSC(C)(C)[C@H](NC(=O)OC(C)(C)C)C(=O)O. The second kappa shape index (κ2) is 7.57. The molecule has 0 aromatic carbocycles. The summed E-state index contributed by atoms with van der Waals surface area (Å²) in [5.41, 5.74) is -0.659. The zero-order valence-electron chi connectivity index (χ0n) is 12.9. The molecule has 0 bridgehead atoms. The van der Waals surface area contributed by atoms with E-state index in [9.17, 15) is 14.7 Å². The number of rotatable bonds is 7. The molecule has 0 unspecified atom stereocenters. The molecule has 0 aromatic heterocycles. The number of carbonyl (C=O) groups is 2. The van der Waals surface area contributed by atoms with Gasteiger partial charge in [-0.15, -0.1) is 6.58 Å². The van der Waals surface area contributed by atoms with Crippen molar-refractivity contribution in [3.63, 3.8) is 0 Å². The molecule has 0 aromatic rings. The maximum absolute atomic E-state index is 11.7. The molecule has 6 heteroatoms. The van der Waals surface area contributed by atoms with Crippen molar-refractivity contribution in [1.29, 1.82) is 0 Å². The van der Waals surface area contributed by atoms with Crippen LogP contribution in [0.15, 0.2) is 12.7 Å². The molecule has 2 N–H and O–H groups in total. The number of nitrogens with one attached hydrogen (secondary N) is 1. The Morgan fingerprint density at radius 3 is 2.30 bits per heavy atom. The van der Waals surface area contributed by atoms with Gasteiger partial charge in [0, 0.05) is 4.75 Å². The zero-order chi connectivity index (χ0) is 16.0. The monoisotopic (exact) mass is 303 g/mol. The summed E-state index contributed by atoms with van der Waals surface area (Å²) >= 11 is 1.48. The van der Waals surface area contributed by atoms with Crippen LogP contribution >= 0.6 is 11.8 Å². The molecule has 0 saturated carbocycles. The van der Waals surface area contributed by atoms with E-state index in [4.69, 9.17) is 4.74 Å². The Labute approximate surface area is 125 Å². The number of carbonyl (C=O) groups excluding carboxylic acids is 1. The topological polar surface area (TPSA) is 75.6 Å². The molecule has 5 nitrogen and oxygen atoms in total. The van der Waals surface area contributed by atoms with Gasteiger partial charge < -0.3 is 15.2 Å². The number of carboxylic acid groups (broad SMARTS) is 1. The summed E-state index contributed by atoms with van der Waals surface area (Å²) in [5.74, 6) is -0.331. The highest BCUT2D eigenvalue weighted by atomic mass is 32.2. The van der Waals surface area contributed by atoms with Crippen LogP contribution in [0.5, 0.6) is 0 Å². The van der Waals surface area contributed by atoms with Crippen molar-refractivity contribution in [3.05, 3.63) is 12.7 Å². The highest BCUT2D eigenvalue weighted by molar-refractivity contribution is 8.00. The van der Waals surface area contributed by atoms with Crippen LogP contribution in [0.2, 0.25) is 0 Å². The fourth-order valence-corrected chi connectivity index (χ4v) is 2.58. The van der Waals surface area contributed by atoms with E-state index in [-0.39, 0.29) is 0 Å². The first-order chi connectivity index (χ1) is 8.99. The van der Waals surface area contributed by atoms with Gasteiger partial charge in [-0.25, -0.2) is 9.59 Å². The lowest BCUT2D eigenvalue weighted by molar-refractivity contribution is -0.140. The lowest BCUT2D eigenvalue weighted by Crippen LogP contribution is -2.53. The standard InChI is InChI=1S/C14H25NO4S/c1-7-8-9-20-14(5,6)10(11(16)17)15-12(18)19-13(2,3)4/h7,10H,1,8-9H2,2-6H3,(H,15,18)(H,16,17)/t10-/m1/s1. The Balaban J connectivity index is 4.75. The Hall–Kier alpha value is -1.17. The number of aliphatic carboxylic acids is 1. The average molecular weight is 303 g/mol. The molecule has 0 aliphatic heterocycles. The van der Waals surface area contributed by atoms with Gasteiger partial charge in [-0.2, -0.15) is 11.8 Å². The fraction of sp³-hybridized carbons (Fsp3) is 0.714. The third-order valence-corrected chi connectivity index (χ3v) is 3.82. The summed E-state index contributed by atoms with van der Waals surface area (Å²) < 4.78 is 4.45. The van der Waals surface area contributed by atoms with Crippen LogP contribution in [-0.2, 0) is 9.53 Å². The van der Waals surface area contributed by atoms with E-state index in [2.05, 4.69) is 11.9 Å². The van der Waals surface area contributed by atoms with Crippen molar-refractivity contribution in [1.82, 2.24) is 5.32 Å². The van der Waals surface area contributed by atoms with Crippen molar-refractivity contribution in [2.24, 2.45) is 0 Å². The Bertz CT molecular complexity index is 361. The van der Waals surface area contributed by atoms with Crippen LogP contribution < -0.4 is 5.32 Å². The van der Waals surface area contributed by atoms with Gasteiger partial charge >= 0.3 is 12.1 Å². The van der Waals surface area contributed by atoms with E-state index < -0.39 is 28.5 Å². The van der Waals surface area contributed by atoms with Crippen LogP contribution in [0.4, 0.5) is 4.79 Å². The van der Waals surface area contributed by atoms with E-state index in [0.717, 1.165) is 12.2 Å². The highest BCUT2D eigenvalue weighted by Gasteiger charge is 2.37. The molecular weight excluding hydrogens is 278 g/mol. The Kier molecular flexibility index (Phi) is 7.13. The molecular formula is C14H25NO4S. The summed E-state index contributed by atoms with van der Waals surface area (Å²) in [6.07, 6.45) is 1.84. The van der Waals surface area contributed by atoms with Gasteiger partial charge in [0.2, 0.25) is 0 Å². The molecule has 0 fully saturated rings. The van der Waals surface area contributed by atoms with E-state index in [0.29, 0.717) is 0 Å². The van der Waals surface area contributed by atoms with Gasteiger partial charge in [-0.3, -0.25) is 0 Å². The van der Waals surface area contributed by atoms with Gasteiger partial charge in [0.1, 0.15) is 11.6 Å². The summed E-state index contributed by atoms with van der Waals surface area (Å²) in [5, 5.41) is 11.7. The minimum atomic E-state index is -1.08. The molecule has 0 saturated heterocycles. The van der Waals surface area contributed by atoms with E-state index in [1.165, 1.54) is 11.8 Å². The third-order valence-electron chi connectivity index (χ3n) is 2.40. The van der Waals surface area contributed by atoms with Crippen LogP contribution in [0.25, 0.3) is 0 Å². The molecule has 20 heavy (non-hydrogen) atoms. The second-order valence-electron chi connectivity index (χ2n) is 5.95. The Morgan fingerprint density at radius 1 is 1.35 bits per heavy atom. The number of thioether (sulfide) groups is 1. The lowest BCUT2D eigenvalue weighted by Gasteiger charge is -2.32. The molecule has 116 valence electrons. The van der Waals surface area contributed by atoms with Gasteiger partial charge in [0.05, 0.1) is 0 Å². The van der Waals surface area contributed by atoms with Gasteiger partial charge in [-0.1, -0.05) is 6.08 Å². The van der Waals surface area contributed by atoms with Crippen LogP contribution in [0, 0.1) is 0 Å². The van der Waals surface area contributed by atoms with Crippen LogP contribution in [-0.4, -0.2) is 39.3 Å². The van der Waals surface area contributed by atoms with E-state index in [1.807, 2.05) is 0 Å². The summed E-state index contributed by atoms with van der Waals surface area (Å²) in [7, 11) is 0. The molecule has 0 spiro atoms. The third kappa shape index (κ3) is 7.43. The fourth-order valence-electron chi connectivity index (χ4n) is 1.45. The molecule has 0 radical (unpaired) electrons. The number of allylic oxidation sites excluding steroid dienone is 1. The van der Waals surface area contributed by atoms with Crippen molar-refractivity contribution >= 4 is 23.8 Å². The molecule has 0 heterocycles. The molecule has 0 aliphatic carbocycles. The number of amides is 1. The lowest BCUT2D eigenvalue weighted by atomic mass is 10.0. The maximum atomic E-state index is 11.7. The molecule has 1 atom stereocenters. The van der Waals surface area contributed by atoms with Crippen molar-refractivity contribution in [3.8, 4) is 0 Å². The maximum Gasteiger partial charge on any atom is 0.408 e. The van der Waals surface area contributed by atoms with Gasteiger partial charge in [0.25, 0.3) is 0 Å². The first-order valence-corrected chi connectivity index (χ1v) is 7.45. The predicted octanol–water partition coefficient (Wildman–Crippen LogP) is 3.05. The first kappa shape index (κ1) is 18.8. The number of hydrogen-bond acceptors (Lipinski definition) is 4. The van der Waals surface area contributed by atoms with Crippen molar-refractivity contribution in [2.45, 2.75) is 57.4 Å². The molecule has 0 aliphatic rings. The van der Waals surface area contributed by atoms with Crippen LogP contribution in [0.1, 0.15) is 41.0 Å². The summed E-state index contributed by atoms with van der Waals surface area (Å²) in [4.78, 5) is 23.1. The summed E-state index contributed by atoms with van der Waals surface area (Å²) in [6, 6.07) is -1.02. The number of hydrogen-bond donors (Lipinski definition) is 2. The highest BCUT2D eigenvalue weighted by Crippen LogP contribution is 2.29. The van der Waals surface area contributed by atoms with E-state index in [1.54, 1.807) is 40.7 Å². The summed E-state index contributed by atoms with van der Waals surface area (Å²) in [6.45, 7) is 12.4.